The van der Waals surface area contributed by atoms with Gasteiger partial charge < -0.3 is 9.47 Å². The zero-order chi connectivity index (χ0) is 21.8. The molecule has 2 aromatic heterocycles. The van der Waals surface area contributed by atoms with Crippen molar-refractivity contribution in [1.82, 2.24) is 24.3 Å². The number of methoxy groups -OCH3 is 1. The topological polar surface area (TPSA) is 69.7 Å². The van der Waals surface area contributed by atoms with E-state index in [0.717, 1.165) is 48.3 Å². The summed E-state index contributed by atoms with van der Waals surface area (Å²) in [7, 11) is 1.65. The summed E-state index contributed by atoms with van der Waals surface area (Å²) in [4.78, 5) is 7.04. The minimum atomic E-state index is 0.347. The number of benzene rings is 1. The van der Waals surface area contributed by atoms with Crippen LogP contribution in [0.1, 0.15) is 31.0 Å². The van der Waals surface area contributed by atoms with Crippen molar-refractivity contribution in [3.05, 3.63) is 45.7 Å². The van der Waals surface area contributed by atoms with Crippen LogP contribution in [0.2, 0.25) is 0 Å². The summed E-state index contributed by atoms with van der Waals surface area (Å²) in [5, 5.41) is 12.3. The third kappa shape index (κ3) is 5.09. The van der Waals surface area contributed by atoms with Crippen LogP contribution < -0.4 is 4.74 Å². The normalized spacial score (nSPS) is 15.2. The zero-order valence-electron chi connectivity index (χ0n) is 17.9. The Morgan fingerprint density at radius 3 is 2.65 bits per heavy atom. The number of morpholine rings is 1. The summed E-state index contributed by atoms with van der Waals surface area (Å²) in [5.74, 6) is 1.80. The van der Waals surface area contributed by atoms with Gasteiger partial charge in [-0.15, -0.1) is 16.4 Å². The maximum atomic E-state index is 5.74. The second-order valence-electron chi connectivity index (χ2n) is 7.54. The maximum Gasteiger partial charge on any atom is 0.220 e. The molecule has 10 heteroatoms. The summed E-state index contributed by atoms with van der Waals surface area (Å²) in [6.45, 7) is 8.01. The average molecular weight is 459 g/mol. The molecule has 1 aromatic carbocycles. The molecule has 3 heterocycles. The molecule has 0 atom stereocenters. The lowest BCUT2D eigenvalue weighted by Gasteiger charge is -2.25. The molecular weight excluding hydrogens is 432 g/mol. The highest BCUT2D eigenvalue weighted by atomic mass is 32.1. The summed E-state index contributed by atoms with van der Waals surface area (Å²) >= 11 is 7.30. The van der Waals surface area contributed by atoms with Gasteiger partial charge in [0.15, 0.2) is 5.01 Å². The standard InChI is InChI=1S/C21H26N6O2S2/c1-15(2)18-13-31-20(23-18)19-24-26(14-25-8-10-29-11-9-25)21(30)27(19)22-12-16-4-6-17(28-3)7-5-16/h4-7,12-13,15H,8-11,14H2,1-3H3/b22-12+. The van der Waals surface area contributed by atoms with Crippen LogP contribution in [0.15, 0.2) is 34.7 Å². The van der Waals surface area contributed by atoms with Gasteiger partial charge in [0.1, 0.15) is 5.75 Å². The van der Waals surface area contributed by atoms with Gasteiger partial charge in [0.2, 0.25) is 10.6 Å². The van der Waals surface area contributed by atoms with Crippen molar-refractivity contribution in [2.24, 2.45) is 5.10 Å². The predicted octanol–water partition coefficient (Wildman–Crippen LogP) is 3.84. The molecule has 4 rings (SSSR count). The summed E-state index contributed by atoms with van der Waals surface area (Å²) in [6.07, 6.45) is 1.77. The third-order valence-electron chi connectivity index (χ3n) is 5.00. The van der Waals surface area contributed by atoms with Crippen molar-refractivity contribution in [3.63, 3.8) is 0 Å². The number of hydrogen-bond donors (Lipinski definition) is 0. The number of nitrogens with zero attached hydrogens (tertiary/aromatic N) is 6. The first-order valence-electron chi connectivity index (χ1n) is 10.2. The molecule has 0 aliphatic carbocycles. The second-order valence-corrected chi connectivity index (χ2v) is 8.76. The van der Waals surface area contributed by atoms with E-state index in [0.29, 0.717) is 23.2 Å². The van der Waals surface area contributed by atoms with Gasteiger partial charge in [-0.3, -0.25) is 4.90 Å². The van der Waals surface area contributed by atoms with E-state index in [9.17, 15) is 0 Å². The molecule has 0 saturated carbocycles. The van der Waals surface area contributed by atoms with Gasteiger partial charge in [-0.2, -0.15) is 9.78 Å². The number of ether oxygens (including phenoxy) is 2. The van der Waals surface area contributed by atoms with Crippen LogP contribution in [-0.4, -0.2) is 64.0 Å². The van der Waals surface area contributed by atoms with E-state index in [1.54, 1.807) is 29.3 Å². The Kier molecular flexibility index (Phi) is 6.91. The minimum Gasteiger partial charge on any atom is -0.497 e. The summed E-state index contributed by atoms with van der Waals surface area (Å²) in [6, 6.07) is 7.70. The van der Waals surface area contributed by atoms with Gasteiger partial charge >= 0.3 is 0 Å². The van der Waals surface area contributed by atoms with Crippen LogP contribution in [0.4, 0.5) is 0 Å². The SMILES string of the molecule is COc1ccc(/C=N/n2c(-c3nc(C(C)C)cs3)nn(CN3CCOCC3)c2=S)cc1. The quantitative estimate of drug-likeness (QED) is 0.396. The molecule has 0 N–H and O–H groups in total. The molecule has 1 aliphatic rings. The van der Waals surface area contributed by atoms with Gasteiger partial charge in [0.05, 0.1) is 38.9 Å². The van der Waals surface area contributed by atoms with Crippen LogP contribution in [0.3, 0.4) is 0 Å². The van der Waals surface area contributed by atoms with E-state index in [2.05, 4.69) is 29.2 Å². The van der Waals surface area contributed by atoms with Crippen LogP contribution in [0, 0.1) is 4.77 Å². The van der Waals surface area contributed by atoms with Crippen LogP contribution in [-0.2, 0) is 11.4 Å². The first-order valence-corrected chi connectivity index (χ1v) is 11.5. The van der Waals surface area contributed by atoms with Crippen LogP contribution >= 0.6 is 23.6 Å². The molecule has 8 nitrogen and oxygen atoms in total. The molecule has 164 valence electrons. The van der Waals surface area contributed by atoms with Gasteiger partial charge in [-0.05, 0) is 48.0 Å². The first-order chi connectivity index (χ1) is 15.0. The fourth-order valence-corrected chi connectivity index (χ4v) is 4.31. The molecule has 1 saturated heterocycles. The molecule has 1 aliphatic heterocycles. The van der Waals surface area contributed by atoms with Crippen LogP contribution in [0.25, 0.3) is 10.8 Å². The number of hydrogen-bond acceptors (Lipinski definition) is 8. The lowest BCUT2D eigenvalue weighted by Crippen LogP contribution is -2.37. The average Bonchev–Trinajstić information content (AvgIpc) is 3.39. The lowest BCUT2D eigenvalue weighted by atomic mass is 10.2. The largest absolute Gasteiger partial charge is 0.497 e. The van der Waals surface area contributed by atoms with Gasteiger partial charge in [-0.1, -0.05) is 13.8 Å². The minimum absolute atomic E-state index is 0.347. The predicted molar refractivity (Wildman–Crippen MR) is 125 cm³/mol. The molecule has 0 spiro atoms. The molecular formula is C21H26N6O2S2. The Hall–Kier alpha value is -2.40. The van der Waals surface area contributed by atoms with E-state index in [-0.39, 0.29) is 0 Å². The van der Waals surface area contributed by atoms with Gasteiger partial charge in [0.25, 0.3) is 0 Å². The highest BCUT2D eigenvalue weighted by Crippen LogP contribution is 2.26. The fourth-order valence-electron chi connectivity index (χ4n) is 3.13. The zero-order valence-corrected chi connectivity index (χ0v) is 19.5. The second kappa shape index (κ2) is 9.82. The fraction of sp³-hybridized carbons (Fsp3) is 0.429. The van der Waals surface area contributed by atoms with E-state index in [1.165, 1.54) is 0 Å². The molecule has 0 amide bonds. The summed E-state index contributed by atoms with van der Waals surface area (Å²) < 4.78 is 14.7. The van der Waals surface area contributed by atoms with Crippen molar-refractivity contribution in [3.8, 4) is 16.6 Å². The van der Waals surface area contributed by atoms with E-state index in [4.69, 9.17) is 31.8 Å². The highest BCUT2D eigenvalue weighted by molar-refractivity contribution is 7.71. The van der Waals surface area contributed by atoms with Crippen molar-refractivity contribution in [2.75, 3.05) is 33.4 Å². The molecule has 3 aromatic rings. The molecule has 31 heavy (non-hydrogen) atoms. The van der Waals surface area contributed by atoms with Gasteiger partial charge in [0, 0.05) is 18.5 Å². The smallest absolute Gasteiger partial charge is 0.220 e. The number of rotatable bonds is 7. The Bertz CT molecular complexity index is 1090. The Labute approximate surface area is 190 Å². The molecule has 0 radical (unpaired) electrons. The Balaban J connectivity index is 1.69. The lowest BCUT2D eigenvalue weighted by molar-refractivity contribution is 0.0210. The van der Waals surface area contributed by atoms with E-state index >= 15 is 0 Å². The Morgan fingerprint density at radius 2 is 2.00 bits per heavy atom. The Morgan fingerprint density at radius 1 is 1.26 bits per heavy atom. The third-order valence-corrected chi connectivity index (χ3v) is 6.24. The van der Waals surface area contributed by atoms with E-state index < -0.39 is 0 Å². The summed E-state index contributed by atoms with van der Waals surface area (Å²) in [5.41, 5.74) is 1.98. The maximum absolute atomic E-state index is 5.74. The molecule has 0 bridgehead atoms. The monoisotopic (exact) mass is 458 g/mol. The van der Waals surface area contributed by atoms with E-state index in [1.807, 2.05) is 28.9 Å². The number of thiazole rings is 1. The first kappa shape index (κ1) is 21.8. The van der Waals surface area contributed by atoms with Crippen molar-refractivity contribution in [1.29, 1.82) is 0 Å². The van der Waals surface area contributed by atoms with Crippen LogP contribution in [0.5, 0.6) is 5.75 Å². The van der Waals surface area contributed by atoms with Crippen molar-refractivity contribution < 1.29 is 9.47 Å². The van der Waals surface area contributed by atoms with Crippen molar-refractivity contribution in [2.45, 2.75) is 26.4 Å². The molecule has 0 unspecified atom stereocenters. The highest BCUT2D eigenvalue weighted by Gasteiger charge is 2.19. The van der Waals surface area contributed by atoms with Crippen molar-refractivity contribution >= 4 is 29.8 Å². The molecule has 1 fully saturated rings. The number of aromatic nitrogens is 4. The van der Waals surface area contributed by atoms with Gasteiger partial charge in [-0.25, -0.2) is 9.67 Å².